The number of aliphatic hydroxyl groups is 1. The normalized spacial score (nSPS) is 28.6. The van der Waals surface area contributed by atoms with Crippen molar-refractivity contribution in [2.45, 2.75) is 56.8 Å². The van der Waals surface area contributed by atoms with Gasteiger partial charge in [0.2, 0.25) is 0 Å². The van der Waals surface area contributed by atoms with Crippen LogP contribution in [0.1, 0.15) is 38.5 Å². The topological polar surface area (TPSA) is 70.0 Å². The number of rotatable bonds is 7. The van der Waals surface area contributed by atoms with E-state index in [0.717, 1.165) is 25.9 Å². The molecule has 104 valence electrons. The Morgan fingerprint density at radius 3 is 2.56 bits per heavy atom. The predicted octanol–water partition coefficient (Wildman–Crippen LogP) is 0.855. The van der Waals surface area contributed by atoms with Gasteiger partial charge in [-0.15, -0.1) is 0 Å². The monoisotopic (exact) mass is 257 g/mol. The van der Waals surface area contributed by atoms with Gasteiger partial charge in [0.15, 0.2) is 6.10 Å². The molecule has 5 nitrogen and oxygen atoms in total. The van der Waals surface area contributed by atoms with Gasteiger partial charge < -0.3 is 14.9 Å². The molecule has 1 aliphatic carbocycles. The van der Waals surface area contributed by atoms with Gasteiger partial charge in [-0.05, 0) is 32.1 Å². The summed E-state index contributed by atoms with van der Waals surface area (Å²) in [5.41, 5.74) is 0. The molecule has 1 saturated heterocycles. The zero-order chi connectivity index (χ0) is 13.0. The van der Waals surface area contributed by atoms with Gasteiger partial charge in [0, 0.05) is 25.7 Å². The van der Waals surface area contributed by atoms with Gasteiger partial charge in [-0.2, -0.15) is 0 Å². The Morgan fingerprint density at radius 2 is 2.06 bits per heavy atom. The van der Waals surface area contributed by atoms with Crippen molar-refractivity contribution in [3.8, 4) is 0 Å². The number of carboxylic acid groups (broad SMARTS) is 1. The maximum atomic E-state index is 10.8. The fourth-order valence-electron chi connectivity index (χ4n) is 2.73. The Balaban J connectivity index is 1.79. The summed E-state index contributed by atoms with van der Waals surface area (Å²) in [7, 11) is 0. The summed E-state index contributed by atoms with van der Waals surface area (Å²) in [6.45, 7) is 1.92. The minimum atomic E-state index is -0.844. The van der Waals surface area contributed by atoms with Gasteiger partial charge in [0.05, 0.1) is 6.10 Å². The first-order valence-electron chi connectivity index (χ1n) is 6.94. The van der Waals surface area contributed by atoms with Crippen LogP contribution in [0.5, 0.6) is 0 Å². The molecule has 5 heteroatoms. The van der Waals surface area contributed by atoms with E-state index < -0.39 is 12.1 Å². The van der Waals surface area contributed by atoms with Crippen LogP contribution in [0.15, 0.2) is 0 Å². The van der Waals surface area contributed by atoms with Gasteiger partial charge in [-0.25, -0.2) is 4.79 Å². The Hall–Kier alpha value is -0.650. The fraction of sp³-hybridized carbons (Fsp3) is 0.923. The van der Waals surface area contributed by atoms with Gasteiger partial charge >= 0.3 is 5.97 Å². The molecule has 0 bridgehead atoms. The Labute approximate surface area is 108 Å². The summed E-state index contributed by atoms with van der Waals surface area (Å²) in [6.07, 6.45) is 5.40. The van der Waals surface area contributed by atoms with Crippen molar-refractivity contribution in [3.05, 3.63) is 0 Å². The van der Waals surface area contributed by atoms with E-state index in [1.54, 1.807) is 0 Å². The molecule has 18 heavy (non-hydrogen) atoms. The molecule has 1 heterocycles. The molecule has 2 fully saturated rings. The van der Waals surface area contributed by atoms with Crippen LogP contribution in [0.2, 0.25) is 0 Å². The molecular weight excluding hydrogens is 234 g/mol. The lowest BCUT2D eigenvalue weighted by molar-refractivity contribution is -0.149. The van der Waals surface area contributed by atoms with Crippen LogP contribution in [0, 0.1) is 0 Å². The first-order valence-corrected chi connectivity index (χ1v) is 6.94. The fourth-order valence-corrected chi connectivity index (χ4v) is 2.73. The first-order chi connectivity index (χ1) is 8.70. The highest BCUT2D eigenvalue weighted by atomic mass is 16.5. The Bertz CT molecular complexity index is 280. The lowest BCUT2D eigenvalue weighted by atomic mass is 9.91. The average molecular weight is 257 g/mol. The smallest absolute Gasteiger partial charge is 0.332 e. The molecule has 0 aromatic rings. The number of carboxylic acids is 1. The number of carbonyl (C=O) groups is 1. The van der Waals surface area contributed by atoms with Crippen LogP contribution in [0.3, 0.4) is 0 Å². The van der Waals surface area contributed by atoms with Crippen LogP contribution in [0.4, 0.5) is 0 Å². The molecule has 2 aliphatic rings. The second kappa shape index (κ2) is 6.50. The second-order valence-corrected chi connectivity index (χ2v) is 5.32. The molecule has 0 radical (unpaired) electrons. The molecule has 0 spiro atoms. The third-order valence-electron chi connectivity index (χ3n) is 4.02. The van der Waals surface area contributed by atoms with Gasteiger partial charge in [-0.3, -0.25) is 4.90 Å². The highest BCUT2D eigenvalue weighted by Gasteiger charge is 2.33. The van der Waals surface area contributed by atoms with E-state index in [2.05, 4.69) is 4.90 Å². The quantitative estimate of drug-likeness (QED) is 0.708. The highest BCUT2D eigenvalue weighted by molar-refractivity contribution is 5.72. The van der Waals surface area contributed by atoms with Crippen LogP contribution < -0.4 is 0 Å². The summed E-state index contributed by atoms with van der Waals surface area (Å²) in [4.78, 5) is 13.2. The summed E-state index contributed by atoms with van der Waals surface area (Å²) < 4.78 is 5.55. The molecule has 2 unspecified atom stereocenters. The maximum absolute atomic E-state index is 10.8. The van der Waals surface area contributed by atoms with E-state index in [0.29, 0.717) is 12.5 Å². The average Bonchev–Trinajstić information content (AvgIpc) is 2.72. The highest BCUT2D eigenvalue weighted by Crippen LogP contribution is 2.28. The Kier molecular flexibility index (Phi) is 4.97. The SMILES string of the molecule is O=C(O)C1CCC(CN(CCCO)C2CCC2)O1. The zero-order valence-corrected chi connectivity index (χ0v) is 10.8. The number of aliphatic carboxylic acids is 1. The van der Waals surface area contributed by atoms with Crippen LogP contribution in [0.25, 0.3) is 0 Å². The summed E-state index contributed by atoms with van der Waals surface area (Å²) in [5.74, 6) is -0.844. The molecule has 2 N–H and O–H groups in total. The minimum absolute atomic E-state index is 0.0467. The molecular formula is C13H23NO4. The Morgan fingerprint density at radius 1 is 1.28 bits per heavy atom. The summed E-state index contributed by atoms with van der Waals surface area (Å²) >= 11 is 0. The number of hydrogen-bond donors (Lipinski definition) is 2. The number of nitrogens with zero attached hydrogens (tertiary/aromatic N) is 1. The lowest BCUT2D eigenvalue weighted by Gasteiger charge is -2.38. The lowest BCUT2D eigenvalue weighted by Crippen LogP contribution is -2.45. The zero-order valence-electron chi connectivity index (χ0n) is 10.8. The molecule has 0 aromatic heterocycles. The van der Waals surface area contributed by atoms with Crippen molar-refractivity contribution >= 4 is 5.97 Å². The van der Waals surface area contributed by atoms with Crippen molar-refractivity contribution in [2.24, 2.45) is 0 Å². The van der Waals surface area contributed by atoms with Crippen LogP contribution >= 0.6 is 0 Å². The molecule has 0 aromatic carbocycles. The minimum Gasteiger partial charge on any atom is -0.479 e. The van der Waals surface area contributed by atoms with Gasteiger partial charge in [0.1, 0.15) is 0 Å². The van der Waals surface area contributed by atoms with Gasteiger partial charge in [-0.1, -0.05) is 6.42 Å². The van der Waals surface area contributed by atoms with E-state index >= 15 is 0 Å². The van der Waals surface area contributed by atoms with E-state index in [-0.39, 0.29) is 12.7 Å². The third-order valence-corrected chi connectivity index (χ3v) is 4.02. The number of hydrogen-bond acceptors (Lipinski definition) is 4. The predicted molar refractivity (Wildman–Crippen MR) is 66.4 cm³/mol. The number of aliphatic hydroxyl groups excluding tert-OH is 1. The molecule has 2 atom stereocenters. The molecule has 1 aliphatic heterocycles. The van der Waals surface area contributed by atoms with Crippen molar-refractivity contribution in [3.63, 3.8) is 0 Å². The second-order valence-electron chi connectivity index (χ2n) is 5.32. The number of ether oxygens (including phenoxy) is 1. The molecule has 1 saturated carbocycles. The van der Waals surface area contributed by atoms with Gasteiger partial charge in [0.25, 0.3) is 0 Å². The van der Waals surface area contributed by atoms with E-state index in [1.807, 2.05) is 0 Å². The van der Waals surface area contributed by atoms with E-state index in [1.165, 1.54) is 19.3 Å². The van der Waals surface area contributed by atoms with E-state index in [9.17, 15) is 4.79 Å². The van der Waals surface area contributed by atoms with Crippen molar-refractivity contribution in [1.82, 2.24) is 4.90 Å². The van der Waals surface area contributed by atoms with Crippen molar-refractivity contribution in [1.29, 1.82) is 0 Å². The van der Waals surface area contributed by atoms with Crippen LogP contribution in [-0.4, -0.2) is 59.0 Å². The largest absolute Gasteiger partial charge is 0.479 e. The molecule has 2 rings (SSSR count). The van der Waals surface area contributed by atoms with Crippen molar-refractivity contribution < 1.29 is 19.7 Å². The summed E-state index contributed by atoms with van der Waals surface area (Å²) in [5, 5.41) is 17.8. The van der Waals surface area contributed by atoms with E-state index in [4.69, 9.17) is 14.9 Å². The standard InChI is InChI=1S/C13H23NO4/c15-8-2-7-14(10-3-1-4-10)9-11-5-6-12(18-11)13(16)17/h10-12,15H,1-9H2,(H,16,17). The summed E-state index contributed by atoms with van der Waals surface area (Å²) in [6, 6.07) is 0.615. The third kappa shape index (κ3) is 3.43. The molecule has 0 amide bonds. The first kappa shape index (κ1) is 13.8. The maximum Gasteiger partial charge on any atom is 0.332 e. The van der Waals surface area contributed by atoms with Crippen LogP contribution in [-0.2, 0) is 9.53 Å². The van der Waals surface area contributed by atoms with Crippen molar-refractivity contribution in [2.75, 3.05) is 19.7 Å².